The molecule has 2 fully saturated rings. The third-order valence-electron chi connectivity index (χ3n) is 5.45. The molecule has 3 nitrogen and oxygen atoms in total. The maximum atomic E-state index is 3.58. The van der Waals surface area contributed by atoms with Crippen molar-refractivity contribution in [3.8, 4) is 0 Å². The monoisotopic (exact) mass is 267 g/mol. The number of piperazine rings is 1. The second-order valence-electron chi connectivity index (χ2n) is 6.75. The van der Waals surface area contributed by atoms with Gasteiger partial charge in [-0.25, -0.2) is 0 Å². The van der Waals surface area contributed by atoms with Crippen LogP contribution < -0.4 is 5.32 Å². The summed E-state index contributed by atoms with van der Waals surface area (Å²) in [5, 5.41) is 3.58. The Balaban J connectivity index is 1.97. The van der Waals surface area contributed by atoms with Gasteiger partial charge in [-0.3, -0.25) is 4.90 Å². The molecule has 0 aromatic carbocycles. The fourth-order valence-corrected chi connectivity index (χ4v) is 4.02. The van der Waals surface area contributed by atoms with Gasteiger partial charge in [0.2, 0.25) is 0 Å². The highest BCUT2D eigenvalue weighted by Gasteiger charge is 2.35. The molecule has 2 rings (SSSR count). The molecule has 0 amide bonds. The van der Waals surface area contributed by atoms with E-state index in [4.69, 9.17) is 0 Å². The van der Waals surface area contributed by atoms with Crippen molar-refractivity contribution in [3.05, 3.63) is 0 Å². The number of hydrogen-bond donors (Lipinski definition) is 1. The van der Waals surface area contributed by atoms with Gasteiger partial charge in [-0.15, -0.1) is 0 Å². The molecule has 0 bridgehead atoms. The fraction of sp³-hybridized carbons (Fsp3) is 1.00. The van der Waals surface area contributed by atoms with E-state index in [1.807, 2.05) is 0 Å². The van der Waals surface area contributed by atoms with Crippen molar-refractivity contribution in [1.29, 1.82) is 0 Å². The van der Waals surface area contributed by atoms with Crippen LogP contribution in [-0.4, -0.2) is 61.7 Å². The Kier molecular flexibility index (Phi) is 5.67. The Labute approximate surface area is 119 Å². The van der Waals surface area contributed by atoms with E-state index in [0.717, 1.165) is 12.0 Å². The van der Waals surface area contributed by atoms with E-state index < -0.39 is 0 Å². The quantitative estimate of drug-likeness (QED) is 0.842. The first-order valence-electron chi connectivity index (χ1n) is 8.27. The number of nitrogens with zero attached hydrogens (tertiary/aromatic N) is 2. The van der Waals surface area contributed by atoms with Gasteiger partial charge in [0.1, 0.15) is 0 Å². The first-order chi connectivity index (χ1) is 9.15. The average molecular weight is 267 g/mol. The van der Waals surface area contributed by atoms with Crippen LogP contribution in [0.2, 0.25) is 0 Å². The Bertz CT molecular complexity index is 269. The zero-order valence-corrected chi connectivity index (χ0v) is 13.4. The molecule has 3 heteroatoms. The summed E-state index contributed by atoms with van der Waals surface area (Å²) in [5.74, 6) is 0.967. The predicted molar refractivity (Wildman–Crippen MR) is 82.5 cm³/mol. The van der Waals surface area contributed by atoms with Gasteiger partial charge in [-0.2, -0.15) is 0 Å². The topological polar surface area (TPSA) is 18.5 Å². The van der Waals surface area contributed by atoms with Gasteiger partial charge < -0.3 is 10.2 Å². The molecular weight excluding hydrogens is 234 g/mol. The number of nitrogens with one attached hydrogen (secondary N) is 1. The lowest BCUT2D eigenvalue weighted by Gasteiger charge is -2.47. The first-order valence-corrected chi connectivity index (χ1v) is 8.27. The van der Waals surface area contributed by atoms with Crippen LogP contribution in [0.25, 0.3) is 0 Å². The number of likely N-dealkylation sites (N-methyl/N-ethyl adjacent to an activating group) is 2. The minimum absolute atomic E-state index is 0.706. The molecule has 1 heterocycles. The fourth-order valence-electron chi connectivity index (χ4n) is 4.02. The second-order valence-corrected chi connectivity index (χ2v) is 6.75. The molecule has 0 aromatic heterocycles. The van der Waals surface area contributed by atoms with Crippen molar-refractivity contribution in [1.82, 2.24) is 15.1 Å². The highest BCUT2D eigenvalue weighted by molar-refractivity contribution is 4.93. The van der Waals surface area contributed by atoms with Crippen LogP contribution in [0.3, 0.4) is 0 Å². The highest BCUT2D eigenvalue weighted by Crippen LogP contribution is 2.31. The summed E-state index contributed by atoms with van der Waals surface area (Å²) in [6, 6.07) is 2.19. The number of hydrogen-bond acceptors (Lipinski definition) is 3. The van der Waals surface area contributed by atoms with E-state index in [1.54, 1.807) is 0 Å². The molecule has 19 heavy (non-hydrogen) atoms. The summed E-state index contributed by atoms with van der Waals surface area (Å²) < 4.78 is 0. The molecule has 0 radical (unpaired) electrons. The standard InChI is InChI=1S/C16H33N3/c1-5-6-14-7-8-15(17-3)16(11-14)19-10-9-18(4)13(2)12-19/h13-17H,5-12H2,1-4H3. The Hall–Kier alpha value is -0.120. The van der Waals surface area contributed by atoms with Crippen LogP contribution in [0.1, 0.15) is 46.0 Å². The summed E-state index contributed by atoms with van der Waals surface area (Å²) in [6.45, 7) is 8.43. The van der Waals surface area contributed by atoms with Gasteiger partial charge >= 0.3 is 0 Å². The maximum absolute atomic E-state index is 3.58. The predicted octanol–water partition coefficient (Wildman–Crippen LogP) is 2.18. The normalized spacial score (nSPS) is 38.5. The summed E-state index contributed by atoms with van der Waals surface area (Å²) >= 11 is 0. The first kappa shape index (κ1) is 15.3. The average Bonchev–Trinajstić information content (AvgIpc) is 2.42. The SMILES string of the molecule is CCCC1CCC(NC)C(N2CCN(C)C(C)C2)C1. The second kappa shape index (κ2) is 7.05. The van der Waals surface area contributed by atoms with Crippen molar-refractivity contribution in [3.63, 3.8) is 0 Å². The van der Waals surface area contributed by atoms with Crippen molar-refractivity contribution >= 4 is 0 Å². The molecule has 112 valence electrons. The molecule has 1 aliphatic carbocycles. The van der Waals surface area contributed by atoms with Gasteiger partial charge in [0.25, 0.3) is 0 Å². The summed E-state index contributed by atoms with van der Waals surface area (Å²) in [4.78, 5) is 5.27. The van der Waals surface area contributed by atoms with E-state index >= 15 is 0 Å². The largest absolute Gasteiger partial charge is 0.315 e. The van der Waals surface area contributed by atoms with Crippen LogP contribution in [0.4, 0.5) is 0 Å². The van der Waals surface area contributed by atoms with E-state index in [2.05, 4.69) is 43.1 Å². The highest BCUT2D eigenvalue weighted by atomic mass is 15.3. The van der Waals surface area contributed by atoms with E-state index in [0.29, 0.717) is 12.1 Å². The van der Waals surface area contributed by atoms with Gasteiger partial charge in [-0.1, -0.05) is 19.8 Å². The zero-order chi connectivity index (χ0) is 13.8. The van der Waals surface area contributed by atoms with Crippen LogP contribution in [0, 0.1) is 5.92 Å². The zero-order valence-electron chi connectivity index (χ0n) is 13.4. The molecule has 1 N–H and O–H groups in total. The lowest BCUT2D eigenvalue weighted by Crippen LogP contribution is -2.59. The maximum Gasteiger partial charge on any atom is 0.0253 e. The van der Waals surface area contributed by atoms with Gasteiger partial charge in [0.15, 0.2) is 0 Å². The van der Waals surface area contributed by atoms with Crippen LogP contribution in [0.5, 0.6) is 0 Å². The van der Waals surface area contributed by atoms with Gasteiger partial charge in [-0.05, 0) is 46.2 Å². The van der Waals surface area contributed by atoms with E-state index in [9.17, 15) is 0 Å². The van der Waals surface area contributed by atoms with Crippen molar-refractivity contribution in [2.24, 2.45) is 5.92 Å². The Morgan fingerprint density at radius 1 is 1.21 bits per heavy atom. The van der Waals surface area contributed by atoms with Gasteiger partial charge in [0, 0.05) is 37.8 Å². The Morgan fingerprint density at radius 2 is 2.00 bits per heavy atom. The lowest BCUT2D eigenvalue weighted by atomic mass is 9.79. The minimum atomic E-state index is 0.706. The molecule has 1 aliphatic heterocycles. The van der Waals surface area contributed by atoms with Crippen LogP contribution >= 0.6 is 0 Å². The Morgan fingerprint density at radius 3 is 2.63 bits per heavy atom. The van der Waals surface area contributed by atoms with Crippen molar-refractivity contribution in [2.75, 3.05) is 33.7 Å². The van der Waals surface area contributed by atoms with Crippen molar-refractivity contribution in [2.45, 2.75) is 64.1 Å². The molecular formula is C16H33N3. The molecule has 4 unspecified atom stereocenters. The summed E-state index contributed by atoms with van der Waals surface area (Å²) in [5.41, 5.74) is 0. The van der Waals surface area contributed by atoms with Gasteiger partial charge in [0.05, 0.1) is 0 Å². The summed E-state index contributed by atoms with van der Waals surface area (Å²) in [7, 11) is 4.41. The third kappa shape index (κ3) is 3.71. The third-order valence-corrected chi connectivity index (χ3v) is 5.45. The smallest absolute Gasteiger partial charge is 0.0253 e. The molecule has 4 atom stereocenters. The summed E-state index contributed by atoms with van der Waals surface area (Å²) in [6.07, 6.45) is 6.98. The van der Waals surface area contributed by atoms with Crippen LogP contribution in [-0.2, 0) is 0 Å². The molecule has 2 aliphatic rings. The van der Waals surface area contributed by atoms with Crippen molar-refractivity contribution < 1.29 is 0 Å². The number of rotatable bonds is 4. The molecule has 0 aromatic rings. The lowest BCUT2D eigenvalue weighted by molar-refractivity contribution is 0.0316. The van der Waals surface area contributed by atoms with Crippen LogP contribution in [0.15, 0.2) is 0 Å². The molecule has 1 saturated heterocycles. The minimum Gasteiger partial charge on any atom is -0.315 e. The molecule has 0 spiro atoms. The molecule has 1 saturated carbocycles. The van der Waals surface area contributed by atoms with E-state index in [-0.39, 0.29) is 0 Å². The van der Waals surface area contributed by atoms with E-state index in [1.165, 1.54) is 51.7 Å².